The van der Waals surface area contributed by atoms with Gasteiger partial charge in [0.1, 0.15) is 0 Å². The number of pyridine rings is 1. The van der Waals surface area contributed by atoms with Crippen LogP contribution in [0.15, 0.2) is 48.8 Å². The molecule has 0 radical (unpaired) electrons. The lowest BCUT2D eigenvalue weighted by molar-refractivity contribution is 0.0696. The zero-order valence-electron chi connectivity index (χ0n) is 8.88. The van der Waals surface area contributed by atoms with Gasteiger partial charge in [0.05, 0.1) is 10.9 Å². The van der Waals surface area contributed by atoms with E-state index < -0.39 is 5.97 Å². The Morgan fingerprint density at radius 2 is 1.88 bits per heavy atom. The van der Waals surface area contributed by atoms with Gasteiger partial charge in [0.25, 0.3) is 0 Å². The molecule has 0 saturated heterocycles. The van der Waals surface area contributed by atoms with Crippen LogP contribution >= 0.6 is 11.6 Å². The highest BCUT2D eigenvalue weighted by Gasteiger charge is 2.13. The Morgan fingerprint density at radius 1 is 1.18 bits per heavy atom. The molecule has 2 aromatic rings. The SMILES string of the molecule is O=C(O)c1cncc(C(Cl)c2ccccc2)c1. The molecule has 2 rings (SSSR count). The van der Waals surface area contributed by atoms with E-state index in [2.05, 4.69) is 4.98 Å². The van der Waals surface area contributed by atoms with Gasteiger partial charge in [-0.25, -0.2) is 4.79 Å². The van der Waals surface area contributed by atoms with Crippen molar-refractivity contribution in [2.75, 3.05) is 0 Å². The monoisotopic (exact) mass is 247 g/mol. The second-order valence-corrected chi connectivity index (χ2v) is 4.02. The van der Waals surface area contributed by atoms with Crippen molar-refractivity contribution in [1.29, 1.82) is 0 Å². The zero-order chi connectivity index (χ0) is 12.3. The Morgan fingerprint density at radius 3 is 2.53 bits per heavy atom. The van der Waals surface area contributed by atoms with Crippen molar-refractivity contribution in [1.82, 2.24) is 4.98 Å². The van der Waals surface area contributed by atoms with E-state index in [1.807, 2.05) is 30.3 Å². The topological polar surface area (TPSA) is 50.2 Å². The molecule has 1 N–H and O–H groups in total. The summed E-state index contributed by atoms with van der Waals surface area (Å²) in [7, 11) is 0. The van der Waals surface area contributed by atoms with Crippen molar-refractivity contribution in [2.24, 2.45) is 0 Å². The fourth-order valence-electron chi connectivity index (χ4n) is 1.53. The van der Waals surface area contributed by atoms with Crippen LogP contribution in [0.3, 0.4) is 0 Å². The Bertz CT molecular complexity index is 528. The molecule has 1 aromatic carbocycles. The molecule has 0 aliphatic rings. The van der Waals surface area contributed by atoms with E-state index in [1.54, 1.807) is 12.3 Å². The van der Waals surface area contributed by atoms with Crippen LogP contribution in [0.1, 0.15) is 26.9 Å². The van der Waals surface area contributed by atoms with Gasteiger partial charge in [-0.3, -0.25) is 4.98 Å². The normalized spacial score (nSPS) is 12.1. The number of hydrogen-bond donors (Lipinski definition) is 1. The van der Waals surface area contributed by atoms with Crippen LogP contribution in [0.5, 0.6) is 0 Å². The van der Waals surface area contributed by atoms with Gasteiger partial charge in [-0.05, 0) is 17.2 Å². The van der Waals surface area contributed by atoms with E-state index in [0.717, 1.165) is 5.56 Å². The van der Waals surface area contributed by atoms with Crippen LogP contribution in [0, 0.1) is 0 Å². The first kappa shape index (κ1) is 11.6. The Balaban J connectivity index is 2.34. The van der Waals surface area contributed by atoms with E-state index >= 15 is 0 Å². The van der Waals surface area contributed by atoms with Gasteiger partial charge in [-0.15, -0.1) is 11.6 Å². The molecular formula is C13H10ClNO2. The number of aromatic nitrogens is 1. The van der Waals surface area contributed by atoms with E-state index in [4.69, 9.17) is 16.7 Å². The lowest BCUT2D eigenvalue weighted by atomic mass is 10.0. The smallest absolute Gasteiger partial charge is 0.337 e. The zero-order valence-corrected chi connectivity index (χ0v) is 9.63. The number of carboxylic acid groups (broad SMARTS) is 1. The lowest BCUT2D eigenvalue weighted by Gasteiger charge is -2.10. The van der Waals surface area contributed by atoms with Crippen molar-refractivity contribution in [3.63, 3.8) is 0 Å². The summed E-state index contributed by atoms with van der Waals surface area (Å²) in [5, 5.41) is 8.49. The molecule has 1 aromatic heterocycles. The third-order valence-corrected chi connectivity index (χ3v) is 2.90. The lowest BCUT2D eigenvalue weighted by Crippen LogP contribution is -2.01. The molecule has 0 spiro atoms. The summed E-state index contributed by atoms with van der Waals surface area (Å²) in [6.07, 6.45) is 2.89. The van der Waals surface area contributed by atoms with Crippen molar-refractivity contribution in [3.05, 3.63) is 65.5 Å². The molecule has 0 saturated carbocycles. The van der Waals surface area contributed by atoms with Crippen LogP contribution in [0.2, 0.25) is 0 Å². The molecular weight excluding hydrogens is 238 g/mol. The van der Waals surface area contributed by atoms with Gasteiger partial charge >= 0.3 is 5.97 Å². The van der Waals surface area contributed by atoms with Crippen molar-refractivity contribution >= 4 is 17.6 Å². The maximum absolute atomic E-state index is 10.8. The van der Waals surface area contributed by atoms with Crippen LogP contribution < -0.4 is 0 Å². The first-order valence-electron chi connectivity index (χ1n) is 5.06. The first-order chi connectivity index (χ1) is 8.18. The summed E-state index contributed by atoms with van der Waals surface area (Å²) >= 11 is 6.28. The molecule has 86 valence electrons. The first-order valence-corrected chi connectivity index (χ1v) is 5.49. The van der Waals surface area contributed by atoms with Crippen LogP contribution in [0.4, 0.5) is 0 Å². The summed E-state index contributed by atoms with van der Waals surface area (Å²) in [6.45, 7) is 0. The largest absolute Gasteiger partial charge is 0.478 e. The Hall–Kier alpha value is -1.87. The molecule has 17 heavy (non-hydrogen) atoms. The Labute approximate surface area is 104 Å². The summed E-state index contributed by atoms with van der Waals surface area (Å²) in [5.74, 6) is -1.00. The quantitative estimate of drug-likeness (QED) is 0.848. The van der Waals surface area contributed by atoms with E-state index in [0.29, 0.717) is 5.56 Å². The molecule has 0 fully saturated rings. The van der Waals surface area contributed by atoms with Crippen LogP contribution in [0.25, 0.3) is 0 Å². The van der Waals surface area contributed by atoms with Crippen molar-refractivity contribution < 1.29 is 9.90 Å². The van der Waals surface area contributed by atoms with E-state index in [1.165, 1.54) is 6.20 Å². The van der Waals surface area contributed by atoms with Crippen LogP contribution in [-0.2, 0) is 0 Å². The summed E-state index contributed by atoms with van der Waals surface area (Å²) in [4.78, 5) is 14.7. The number of aromatic carboxylic acids is 1. The predicted molar refractivity (Wildman–Crippen MR) is 65.3 cm³/mol. The number of halogens is 1. The van der Waals surface area contributed by atoms with Crippen LogP contribution in [-0.4, -0.2) is 16.1 Å². The Kier molecular flexibility index (Phi) is 3.40. The molecule has 0 bridgehead atoms. The number of carboxylic acids is 1. The number of benzene rings is 1. The third-order valence-electron chi connectivity index (χ3n) is 2.39. The van der Waals surface area contributed by atoms with E-state index in [9.17, 15) is 4.79 Å². The molecule has 0 amide bonds. The molecule has 3 nitrogen and oxygen atoms in total. The summed E-state index contributed by atoms with van der Waals surface area (Å²) < 4.78 is 0. The van der Waals surface area contributed by atoms with Crippen molar-refractivity contribution in [3.8, 4) is 0 Å². The minimum Gasteiger partial charge on any atom is -0.478 e. The standard InChI is InChI=1S/C13H10ClNO2/c14-12(9-4-2-1-3-5-9)10-6-11(13(16)17)8-15-7-10/h1-8,12H,(H,16,17). The van der Waals surface area contributed by atoms with Gasteiger partial charge in [0.2, 0.25) is 0 Å². The number of rotatable bonds is 3. The molecule has 1 unspecified atom stereocenters. The average Bonchev–Trinajstić information content (AvgIpc) is 2.39. The highest BCUT2D eigenvalue weighted by Crippen LogP contribution is 2.28. The summed E-state index contributed by atoms with van der Waals surface area (Å²) in [5.41, 5.74) is 1.74. The van der Waals surface area contributed by atoms with Gasteiger partial charge in [0.15, 0.2) is 0 Å². The number of alkyl halides is 1. The van der Waals surface area contributed by atoms with E-state index in [-0.39, 0.29) is 10.9 Å². The fraction of sp³-hybridized carbons (Fsp3) is 0.0769. The maximum atomic E-state index is 10.8. The molecule has 1 atom stereocenters. The van der Waals surface area contributed by atoms with Gasteiger partial charge in [-0.1, -0.05) is 30.3 Å². The third kappa shape index (κ3) is 2.63. The highest BCUT2D eigenvalue weighted by atomic mass is 35.5. The fourth-order valence-corrected chi connectivity index (χ4v) is 1.79. The maximum Gasteiger partial charge on any atom is 0.337 e. The molecule has 0 aliphatic heterocycles. The van der Waals surface area contributed by atoms with Gasteiger partial charge in [0, 0.05) is 12.4 Å². The summed E-state index contributed by atoms with van der Waals surface area (Å²) in [6, 6.07) is 11.0. The number of nitrogens with zero attached hydrogens (tertiary/aromatic N) is 1. The number of carbonyl (C=O) groups is 1. The second kappa shape index (κ2) is 4.97. The van der Waals surface area contributed by atoms with Gasteiger partial charge in [-0.2, -0.15) is 0 Å². The minimum atomic E-state index is -1.00. The second-order valence-electron chi connectivity index (χ2n) is 3.59. The number of hydrogen-bond acceptors (Lipinski definition) is 2. The molecule has 4 heteroatoms. The molecule has 1 heterocycles. The van der Waals surface area contributed by atoms with Gasteiger partial charge < -0.3 is 5.11 Å². The molecule has 0 aliphatic carbocycles. The highest BCUT2D eigenvalue weighted by molar-refractivity contribution is 6.22. The van der Waals surface area contributed by atoms with Crippen molar-refractivity contribution in [2.45, 2.75) is 5.38 Å². The minimum absolute atomic E-state index is 0.143. The average molecular weight is 248 g/mol. The predicted octanol–water partition coefficient (Wildman–Crippen LogP) is 3.11.